The Balaban J connectivity index is 2.00. The van der Waals surface area contributed by atoms with E-state index in [1.165, 1.54) is 5.56 Å². The summed E-state index contributed by atoms with van der Waals surface area (Å²) >= 11 is 0. The fourth-order valence-electron chi connectivity index (χ4n) is 2.24. The van der Waals surface area contributed by atoms with Gasteiger partial charge in [0, 0.05) is 6.54 Å². The molecule has 1 heterocycles. The van der Waals surface area contributed by atoms with Crippen LogP contribution in [0.2, 0.25) is 0 Å². The molecule has 1 unspecified atom stereocenters. The van der Waals surface area contributed by atoms with Crippen LogP contribution in [-0.4, -0.2) is 32.5 Å². The summed E-state index contributed by atoms with van der Waals surface area (Å²) in [5, 5.41) is 2.93. The molecule has 1 aliphatic heterocycles. The molecule has 4 heteroatoms. The second kappa shape index (κ2) is 5.19. The van der Waals surface area contributed by atoms with E-state index in [2.05, 4.69) is 5.32 Å². The molecule has 1 atom stereocenters. The third-order valence-electron chi connectivity index (χ3n) is 3.44. The van der Waals surface area contributed by atoms with Crippen molar-refractivity contribution in [3.8, 4) is 0 Å². The van der Waals surface area contributed by atoms with Crippen molar-refractivity contribution in [3.05, 3.63) is 35.4 Å². The average molecular weight is 253 g/mol. The van der Waals surface area contributed by atoms with E-state index in [0.29, 0.717) is 13.0 Å². The van der Waals surface area contributed by atoms with E-state index < -0.39 is 9.84 Å². The molecule has 1 aliphatic rings. The van der Waals surface area contributed by atoms with E-state index in [-0.39, 0.29) is 11.0 Å². The summed E-state index contributed by atoms with van der Waals surface area (Å²) in [6, 6.07) is 7.98. The number of rotatable bonds is 4. The van der Waals surface area contributed by atoms with Gasteiger partial charge in [0.1, 0.15) is 0 Å². The van der Waals surface area contributed by atoms with Gasteiger partial charge in [-0.15, -0.1) is 0 Å². The fraction of sp³-hybridized carbons (Fsp3) is 0.538. The second-order valence-electron chi connectivity index (χ2n) is 4.66. The van der Waals surface area contributed by atoms with Crippen molar-refractivity contribution in [1.29, 1.82) is 0 Å². The van der Waals surface area contributed by atoms with Crippen molar-refractivity contribution >= 4 is 9.84 Å². The highest BCUT2D eigenvalue weighted by Gasteiger charge is 2.28. The molecule has 0 amide bonds. The molecule has 3 nitrogen and oxygen atoms in total. The summed E-state index contributed by atoms with van der Waals surface area (Å²) in [6.45, 7) is 3.48. The number of nitrogens with one attached hydrogen (secondary N) is 1. The minimum atomic E-state index is -2.94. The number of hydrogen-bond donors (Lipinski definition) is 1. The molecule has 2 rings (SSSR count). The van der Waals surface area contributed by atoms with Gasteiger partial charge in [-0.05, 0) is 37.4 Å². The first kappa shape index (κ1) is 12.6. The lowest BCUT2D eigenvalue weighted by Crippen LogP contribution is -2.27. The van der Waals surface area contributed by atoms with Gasteiger partial charge in [-0.25, -0.2) is 8.42 Å². The number of aryl methyl sites for hydroxylation is 2. The topological polar surface area (TPSA) is 46.2 Å². The van der Waals surface area contributed by atoms with Crippen molar-refractivity contribution in [2.45, 2.75) is 25.0 Å². The average Bonchev–Trinajstić information content (AvgIpc) is 2.82. The lowest BCUT2D eigenvalue weighted by Gasteiger charge is -2.11. The summed E-state index contributed by atoms with van der Waals surface area (Å²) in [5.41, 5.74) is 2.31. The lowest BCUT2D eigenvalue weighted by atomic mass is 10.1. The Hall–Kier alpha value is -0.870. The van der Waals surface area contributed by atoms with E-state index in [1.54, 1.807) is 0 Å². The predicted octanol–water partition coefficient (Wildman–Crippen LogP) is 1.31. The van der Waals surface area contributed by atoms with Crippen LogP contribution in [-0.2, 0) is 16.3 Å². The van der Waals surface area contributed by atoms with Crippen molar-refractivity contribution in [1.82, 2.24) is 5.32 Å². The van der Waals surface area contributed by atoms with E-state index in [0.717, 1.165) is 18.5 Å². The van der Waals surface area contributed by atoms with Gasteiger partial charge < -0.3 is 5.32 Å². The number of benzene rings is 1. The molecule has 94 valence electrons. The molecule has 17 heavy (non-hydrogen) atoms. The second-order valence-corrected chi connectivity index (χ2v) is 7.06. The first-order chi connectivity index (χ1) is 8.09. The van der Waals surface area contributed by atoms with E-state index in [1.807, 2.05) is 31.2 Å². The van der Waals surface area contributed by atoms with Crippen LogP contribution in [0.3, 0.4) is 0 Å². The van der Waals surface area contributed by atoms with Crippen molar-refractivity contribution in [2.75, 3.05) is 18.8 Å². The Morgan fingerprint density at radius 3 is 2.76 bits per heavy atom. The Labute approximate surface area is 103 Å². The van der Waals surface area contributed by atoms with E-state index in [9.17, 15) is 8.42 Å². The normalized spacial score (nSPS) is 20.6. The Bertz CT molecular complexity index is 476. The quantitative estimate of drug-likeness (QED) is 0.880. The van der Waals surface area contributed by atoms with Gasteiger partial charge >= 0.3 is 0 Å². The molecule has 0 saturated carbocycles. The van der Waals surface area contributed by atoms with Gasteiger partial charge in [-0.3, -0.25) is 0 Å². The van der Waals surface area contributed by atoms with Gasteiger partial charge in [0.05, 0.1) is 11.0 Å². The van der Waals surface area contributed by atoms with Crippen molar-refractivity contribution in [3.63, 3.8) is 0 Å². The van der Waals surface area contributed by atoms with Crippen LogP contribution in [0.25, 0.3) is 0 Å². The molecule has 0 aromatic heterocycles. The number of sulfone groups is 1. The predicted molar refractivity (Wildman–Crippen MR) is 69.9 cm³/mol. The van der Waals surface area contributed by atoms with Crippen LogP contribution in [0.15, 0.2) is 24.3 Å². The van der Waals surface area contributed by atoms with Crippen LogP contribution in [0.1, 0.15) is 17.5 Å². The minimum absolute atomic E-state index is 0.175. The SMILES string of the molecule is Cc1ccccc1CCS(=O)(=O)C1CCNC1. The van der Waals surface area contributed by atoms with Crippen LogP contribution >= 0.6 is 0 Å². The van der Waals surface area contributed by atoms with Gasteiger partial charge in [0.25, 0.3) is 0 Å². The zero-order valence-electron chi connectivity index (χ0n) is 10.1. The zero-order valence-corrected chi connectivity index (χ0v) is 11.0. The minimum Gasteiger partial charge on any atom is -0.315 e. The summed E-state index contributed by atoms with van der Waals surface area (Å²) < 4.78 is 24.2. The lowest BCUT2D eigenvalue weighted by molar-refractivity contribution is 0.582. The standard InChI is InChI=1S/C13H19NO2S/c1-11-4-2-3-5-12(11)7-9-17(15,16)13-6-8-14-10-13/h2-5,13-14H,6-10H2,1H3. The summed E-state index contributed by atoms with van der Waals surface area (Å²) in [5.74, 6) is 0.268. The maximum absolute atomic E-state index is 12.1. The molecule has 0 bridgehead atoms. The smallest absolute Gasteiger partial charge is 0.154 e. The number of hydrogen-bond acceptors (Lipinski definition) is 3. The van der Waals surface area contributed by atoms with Gasteiger partial charge in [-0.1, -0.05) is 24.3 Å². The van der Waals surface area contributed by atoms with Crippen LogP contribution in [0.5, 0.6) is 0 Å². The maximum Gasteiger partial charge on any atom is 0.154 e. The summed E-state index contributed by atoms with van der Waals surface area (Å²) in [7, 11) is -2.94. The van der Waals surface area contributed by atoms with Gasteiger partial charge in [0.2, 0.25) is 0 Å². The Kier molecular flexibility index (Phi) is 3.84. The summed E-state index contributed by atoms with van der Waals surface area (Å²) in [6.07, 6.45) is 1.39. The molecule has 1 aromatic carbocycles. The Morgan fingerprint density at radius 1 is 1.35 bits per heavy atom. The molecule has 0 radical (unpaired) electrons. The van der Waals surface area contributed by atoms with E-state index >= 15 is 0 Å². The molecule has 1 saturated heterocycles. The van der Waals surface area contributed by atoms with Crippen LogP contribution < -0.4 is 5.32 Å². The van der Waals surface area contributed by atoms with E-state index in [4.69, 9.17) is 0 Å². The zero-order chi connectivity index (χ0) is 12.3. The highest BCUT2D eigenvalue weighted by Crippen LogP contribution is 2.14. The molecular weight excluding hydrogens is 234 g/mol. The largest absolute Gasteiger partial charge is 0.315 e. The molecule has 1 aromatic rings. The van der Waals surface area contributed by atoms with Gasteiger partial charge in [-0.2, -0.15) is 0 Å². The molecule has 0 aliphatic carbocycles. The highest BCUT2D eigenvalue weighted by atomic mass is 32.2. The van der Waals surface area contributed by atoms with Crippen LogP contribution in [0, 0.1) is 6.92 Å². The first-order valence-electron chi connectivity index (χ1n) is 6.06. The maximum atomic E-state index is 12.1. The fourth-order valence-corrected chi connectivity index (χ4v) is 3.93. The third-order valence-corrected chi connectivity index (χ3v) is 5.63. The first-order valence-corrected chi connectivity index (χ1v) is 7.78. The van der Waals surface area contributed by atoms with Gasteiger partial charge in [0.15, 0.2) is 9.84 Å². The molecular formula is C13H19NO2S. The van der Waals surface area contributed by atoms with Crippen LogP contribution in [0.4, 0.5) is 0 Å². The molecule has 1 N–H and O–H groups in total. The highest BCUT2D eigenvalue weighted by molar-refractivity contribution is 7.92. The molecule has 0 spiro atoms. The Morgan fingerprint density at radius 2 is 2.12 bits per heavy atom. The van der Waals surface area contributed by atoms with Crippen molar-refractivity contribution < 1.29 is 8.42 Å². The van der Waals surface area contributed by atoms with Crippen molar-refractivity contribution in [2.24, 2.45) is 0 Å². The monoisotopic (exact) mass is 253 g/mol. The summed E-state index contributed by atoms with van der Waals surface area (Å²) in [4.78, 5) is 0. The third kappa shape index (κ3) is 3.07. The molecule has 1 fully saturated rings.